The zero-order chi connectivity index (χ0) is 14.1. The number of nitrogens with zero attached hydrogens (tertiary/aromatic N) is 1. The molecule has 0 aliphatic heterocycles. The van der Waals surface area contributed by atoms with E-state index in [1.54, 1.807) is 24.3 Å². The second-order valence-electron chi connectivity index (χ2n) is 4.77. The van der Waals surface area contributed by atoms with Gasteiger partial charge in [0, 0.05) is 13.2 Å². The van der Waals surface area contributed by atoms with Crippen molar-refractivity contribution in [3.05, 3.63) is 35.4 Å². The van der Waals surface area contributed by atoms with Gasteiger partial charge in [-0.1, -0.05) is 19.1 Å². The minimum absolute atomic E-state index is 0.0126. The number of carbonyl (C=O) groups is 1. The van der Waals surface area contributed by atoms with Crippen LogP contribution in [0.25, 0.3) is 0 Å². The monoisotopic (exact) mass is 260 g/mol. The first-order chi connectivity index (χ1) is 9.15. The Kier molecular flexibility index (Phi) is 6.62. The Hall–Kier alpha value is -1.86. The van der Waals surface area contributed by atoms with E-state index in [4.69, 9.17) is 10.4 Å². The molecule has 0 spiro atoms. The van der Waals surface area contributed by atoms with E-state index in [-0.39, 0.29) is 18.4 Å². The fraction of sp³-hybridized carbons (Fsp3) is 0.467. The van der Waals surface area contributed by atoms with Crippen molar-refractivity contribution in [2.75, 3.05) is 13.2 Å². The highest BCUT2D eigenvalue weighted by atomic mass is 16.3. The van der Waals surface area contributed by atoms with Gasteiger partial charge in [-0.3, -0.25) is 4.79 Å². The Labute approximate surface area is 114 Å². The molecule has 0 aliphatic rings. The summed E-state index contributed by atoms with van der Waals surface area (Å²) in [5.74, 6) is 0.275. The zero-order valence-electron chi connectivity index (χ0n) is 11.2. The first-order valence-corrected chi connectivity index (χ1v) is 6.52. The van der Waals surface area contributed by atoms with E-state index in [0.717, 1.165) is 18.4 Å². The van der Waals surface area contributed by atoms with Crippen molar-refractivity contribution in [2.45, 2.75) is 26.2 Å². The van der Waals surface area contributed by atoms with Gasteiger partial charge >= 0.3 is 0 Å². The van der Waals surface area contributed by atoms with Gasteiger partial charge in [0.15, 0.2) is 0 Å². The van der Waals surface area contributed by atoms with Gasteiger partial charge < -0.3 is 10.4 Å². The molecule has 0 aliphatic carbocycles. The highest BCUT2D eigenvalue weighted by Crippen LogP contribution is 2.05. The van der Waals surface area contributed by atoms with Crippen molar-refractivity contribution in [3.8, 4) is 6.07 Å². The van der Waals surface area contributed by atoms with E-state index >= 15 is 0 Å². The molecule has 1 unspecified atom stereocenters. The number of amides is 1. The van der Waals surface area contributed by atoms with Gasteiger partial charge in [0.2, 0.25) is 5.91 Å². The number of hydrogen-bond acceptors (Lipinski definition) is 3. The van der Waals surface area contributed by atoms with Crippen molar-refractivity contribution in [2.24, 2.45) is 5.92 Å². The van der Waals surface area contributed by atoms with Crippen LogP contribution in [-0.4, -0.2) is 24.2 Å². The molecule has 1 aromatic rings. The summed E-state index contributed by atoms with van der Waals surface area (Å²) in [6.07, 6.45) is 2.12. The minimum atomic E-state index is -0.0126. The second kappa shape index (κ2) is 8.28. The molecule has 1 amide bonds. The largest absolute Gasteiger partial charge is 0.396 e. The molecule has 1 atom stereocenters. The molecule has 0 heterocycles. The second-order valence-corrected chi connectivity index (χ2v) is 4.77. The number of nitrogens with one attached hydrogen (secondary N) is 1. The van der Waals surface area contributed by atoms with Gasteiger partial charge in [-0.2, -0.15) is 5.26 Å². The number of rotatable bonds is 7. The van der Waals surface area contributed by atoms with Gasteiger partial charge in [0.1, 0.15) is 0 Å². The molecule has 0 saturated heterocycles. The van der Waals surface area contributed by atoms with Gasteiger partial charge in [-0.15, -0.1) is 0 Å². The van der Waals surface area contributed by atoms with Crippen molar-refractivity contribution in [3.63, 3.8) is 0 Å². The molecule has 2 N–H and O–H groups in total. The Morgan fingerprint density at radius 1 is 1.42 bits per heavy atom. The van der Waals surface area contributed by atoms with Gasteiger partial charge in [0.25, 0.3) is 0 Å². The molecule has 0 radical (unpaired) electrons. The molecule has 0 bridgehead atoms. The fourth-order valence-electron chi connectivity index (χ4n) is 1.71. The lowest BCUT2D eigenvalue weighted by molar-refractivity contribution is -0.120. The fourth-order valence-corrected chi connectivity index (χ4v) is 1.71. The summed E-state index contributed by atoms with van der Waals surface area (Å²) >= 11 is 0. The number of aliphatic hydroxyl groups is 1. The van der Waals surface area contributed by atoms with Crippen LogP contribution >= 0.6 is 0 Å². The summed E-state index contributed by atoms with van der Waals surface area (Å²) in [5, 5.41) is 20.4. The maximum atomic E-state index is 11.7. The third-order valence-electron chi connectivity index (χ3n) is 2.96. The van der Waals surface area contributed by atoms with Crippen molar-refractivity contribution >= 4 is 5.91 Å². The molecule has 1 rings (SSSR count). The number of aliphatic hydroxyl groups excluding tert-OH is 1. The first kappa shape index (κ1) is 15.2. The number of nitriles is 1. The third kappa shape index (κ3) is 6.03. The molecule has 1 aromatic carbocycles. The average Bonchev–Trinajstić information content (AvgIpc) is 2.44. The van der Waals surface area contributed by atoms with Crippen LogP contribution in [0, 0.1) is 17.2 Å². The summed E-state index contributed by atoms with van der Waals surface area (Å²) in [6, 6.07) is 9.07. The van der Waals surface area contributed by atoms with Crippen LogP contribution in [0.5, 0.6) is 0 Å². The Morgan fingerprint density at radius 2 is 2.11 bits per heavy atom. The molecular formula is C15H20N2O2. The third-order valence-corrected chi connectivity index (χ3v) is 2.96. The lowest BCUT2D eigenvalue weighted by Gasteiger charge is -2.08. The van der Waals surface area contributed by atoms with Crippen molar-refractivity contribution < 1.29 is 9.90 Å². The van der Waals surface area contributed by atoms with Crippen LogP contribution in [-0.2, 0) is 11.2 Å². The lowest BCUT2D eigenvalue weighted by atomic mass is 10.1. The molecule has 102 valence electrons. The van der Waals surface area contributed by atoms with E-state index < -0.39 is 0 Å². The van der Waals surface area contributed by atoms with E-state index in [1.165, 1.54) is 0 Å². The standard InChI is InChI=1S/C15H20N2O2/c1-12(11-18)3-2-8-17-15(19)9-13-4-6-14(10-16)7-5-13/h4-7,12,18H,2-3,8-9,11H2,1H3,(H,17,19). The number of hydrogen-bond donors (Lipinski definition) is 2. The predicted octanol–water partition coefficient (Wildman–Crippen LogP) is 1.63. The molecule has 19 heavy (non-hydrogen) atoms. The lowest BCUT2D eigenvalue weighted by Crippen LogP contribution is -2.26. The summed E-state index contributed by atoms with van der Waals surface area (Å²) < 4.78 is 0. The maximum absolute atomic E-state index is 11.7. The van der Waals surface area contributed by atoms with Crippen LogP contribution in [0.2, 0.25) is 0 Å². The van der Waals surface area contributed by atoms with Crippen LogP contribution < -0.4 is 5.32 Å². The van der Waals surface area contributed by atoms with Crippen molar-refractivity contribution in [1.82, 2.24) is 5.32 Å². The van der Waals surface area contributed by atoms with Gasteiger partial charge in [-0.05, 0) is 36.5 Å². The summed E-state index contributed by atoms with van der Waals surface area (Å²) in [7, 11) is 0. The topological polar surface area (TPSA) is 73.1 Å². The predicted molar refractivity (Wildman–Crippen MR) is 73.4 cm³/mol. The van der Waals surface area contributed by atoms with E-state index in [1.807, 2.05) is 13.0 Å². The molecular weight excluding hydrogens is 240 g/mol. The SMILES string of the molecule is CC(CO)CCCNC(=O)Cc1ccc(C#N)cc1. The van der Waals surface area contributed by atoms with Crippen LogP contribution in [0.3, 0.4) is 0 Å². The Balaban J connectivity index is 2.25. The molecule has 4 nitrogen and oxygen atoms in total. The zero-order valence-corrected chi connectivity index (χ0v) is 11.2. The maximum Gasteiger partial charge on any atom is 0.224 e. The highest BCUT2D eigenvalue weighted by Gasteiger charge is 2.04. The average molecular weight is 260 g/mol. The summed E-state index contributed by atoms with van der Waals surface area (Å²) in [4.78, 5) is 11.7. The van der Waals surface area contributed by atoms with Gasteiger partial charge in [-0.25, -0.2) is 0 Å². The first-order valence-electron chi connectivity index (χ1n) is 6.52. The van der Waals surface area contributed by atoms with Crippen LogP contribution in [0.4, 0.5) is 0 Å². The van der Waals surface area contributed by atoms with Crippen LogP contribution in [0.15, 0.2) is 24.3 Å². The number of carbonyl (C=O) groups excluding carboxylic acids is 1. The Bertz CT molecular complexity index is 434. The smallest absolute Gasteiger partial charge is 0.224 e. The summed E-state index contributed by atoms with van der Waals surface area (Å²) in [6.45, 7) is 2.82. The normalized spacial score (nSPS) is 11.6. The quantitative estimate of drug-likeness (QED) is 0.732. The summed E-state index contributed by atoms with van der Waals surface area (Å²) in [5.41, 5.74) is 1.50. The van der Waals surface area contributed by atoms with Gasteiger partial charge in [0.05, 0.1) is 18.1 Å². The molecule has 4 heteroatoms. The van der Waals surface area contributed by atoms with E-state index in [0.29, 0.717) is 18.5 Å². The van der Waals surface area contributed by atoms with E-state index in [2.05, 4.69) is 5.32 Å². The number of benzene rings is 1. The molecule has 0 fully saturated rings. The van der Waals surface area contributed by atoms with Crippen LogP contribution in [0.1, 0.15) is 30.9 Å². The minimum Gasteiger partial charge on any atom is -0.396 e. The molecule has 0 aromatic heterocycles. The Morgan fingerprint density at radius 3 is 2.68 bits per heavy atom. The van der Waals surface area contributed by atoms with E-state index in [9.17, 15) is 4.79 Å². The molecule has 0 saturated carbocycles. The highest BCUT2D eigenvalue weighted by molar-refractivity contribution is 5.78. The van der Waals surface area contributed by atoms with Crippen molar-refractivity contribution in [1.29, 1.82) is 5.26 Å².